The summed E-state index contributed by atoms with van der Waals surface area (Å²) in [5.41, 5.74) is 7.80. The number of benzene rings is 1. The van der Waals surface area contributed by atoms with Gasteiger partial charge in [0.25, 0.3) is 0 Å². The van der Waals surface area contributed by atoms with Crippen molar-refractivity contribution >= 4 is 5.69 Å². The summed E-state index contributed by atoms with van der Waals surface area (Å²) in [7, 11) is 3.72. The van der Waals surface area contributed by atoms with E-state index in [9.17, 15) is 4.39 Å². The van der Waals surface area contributed by atoms with E-state index >= 15 is 0 Å². The first-order chi connectivity index (χ1) is 7.59. The monoisotopic (exact) mass is 222 g/mol. The third-order valence-corrected chi connectivity index (χ3v) is 3.74. The first-order valence-electron chi connectivity index (χ1n) is 5.76. The Labute approximate surface area is 96.2 Å². The molecule has 0 atom stereocenters. The molecule has 0 radical (unpaired) electrons. The molecule has 0 bridgehead atoms. The first-order valence-corrected chi connectivity index (χ1v) is 5.76. The smallest absolute Gasteiger partial charge is 0.146 e. The molecular formula is C13H19FN2. The van der Waals surface area contributed by atoms with Crippen molar-refractivity contribution in [2.24, 2.45) is 5.73 Å². The number of rotatable bonds is 3. The SMILES string of the molecule is CN(C)c1cc(C2(CN)CCC2)ccc1F. The second-order valence-corrected chi connectivity index (χ2v) is 4.90. The van der Waals surface area contributed by atoms with Gasteiger partial charge in [0.05, 0.1) is 5.69 Å². The summed E-state index contributed by atoms with van der Waals surface area (Å²) in [6, 6.07) is 5.39. The number of hydrogen-bond acceptors (Lipinski definition) is 2. The normalized spacial score (nSPS) is 18.0. The van der Waals surface area contributed by atoms with Gasteiger partial charge in [0.15, 0.2) is 0 Å². The Morgan fingerprint density at radius 3 is 2.50 bits per heavy atom. The van der Waals surface area contributed by atoms with Gasteiger partial charge < -0.3 is 10.6 Å². The van der Waals surface area contributed by atoms with Gasteiger partial charge in [-0.2, -0.15) is 0 Å². The molecule has 0 unspecified atom stereocenters. The Hall–Kier alpha value is -1.09. The van der Waals surface area contributed by atoms with Crippen LogP contribution in [0.4, 0.5) is 10.1 Å². The van der Waals surface area contributed by atoms with E-state index in [1.165, 1.54) is 12.0 Å². The van der Waals surface area contributed by atoms with E-state index in [1.54, 1.807) is 6.07 Å². The summed E-state index contributed by atoms with van der Waals surface area (Å²) in [5.74, 6) is -0.166. The Morgan fingerprint density at radius 2 is 2.06 bits per heavy atom. The van der Waals surface area contributed by atoms with E-state index in [0.717, 1.165) is 12.8 Å². The number of nitrogens with zero attached hydrogens (tertiary/aromatic N) is 1. The largest absolute Gasteiger partial charge is 0.375 e. The molecule has 1 aromatic carbocycles. The molecule has 0 spiro atoms. The van der Waals surface area contributed by atoms with Gasteiger partial charge in [0.2, 0.25) is 0 Å². The van der Waals surface area contributed by atoms with Crippen LogP contribution in [0.15, 0.2) is 18.2 Å². The third-order valence-electron chi connectivity index (χ3n) is 3.74. The lowest BCUT2D eigenvalue weighted by Gasteiger charge is -2.42. The highest BCUT2D eigenvalue weighted by Crippen LogP contribution is 2.43. The quantitative estimate of drug-likeness (QED) is 0.850. The Balaban J connectivity index is 2.39. The lowest BCUT2D eigenvalue weighted by molar-refractivity contribution is 0.253. The van der Waals surface area contributed by atoms with E-state index < -0.39 is 0 Å². The molecule has 1 aliphatic rings. The molecule has 88 valence electrons. The van der Waals surface area contributed by atoms with Crippen LogP contribution in [0.25, 0.3) is 0 Å². The van der Waals surface area contributed by atoms with Crippen molar-refractivity contribution in [2.75, 3.05) is 25.5 Å². The van der Waals surface area contributed by atoms with Gasteiger partial charge in [0, 0.05) is 26.1 Å². The van der Waals surface area contributed by atoms with Crippen molar-refractivity contribution in [3.05, 3.63) is 29.6 Å². The molecule has 2 nitrogen and oxygen atoms in total. The molecule has 2 rings (SSSR count). The van der Waals surface area contributed by atoms with E-state index in [0.29, 0.717) is 12.2 Å². The van der Waals surface area contributed by atoms with Crippen LogP contribution in [0, 0.1) is 5.82 Å². The van der Waals surface area contributed by atoms with Gasteiger partial charge in [-0.25, -0.2) is 4.39 Å². The molecular weight excluding hydrogens is 203 g/mol. The predicted molar refractivity (Wildman–Crippen MR) is 65.3 cm³/mol. The van der Waals surface area contributed by atoms with Gasteiger partial charge in [-0.3, -0.25) is 0 Å². The first kappa shape index (κ1) is 11.4. The van der Waals surface area contributed by atoms with E-state index in [4.69, 9.17) is 5.73 Å². The number of nitrogens with two attached hydrogens (primary N) is 1. The number of hydrogen-bond donors (Lipinski definition) is 1. The molecule has 1 saturated carbocycles. The molecule has 2 N–H and O–H groups in total. The fourth-order valence-electron chi connectivity index (χ4n) is 2.40. The molecule has 1 aromatic rings. The zero-order valence-corrected chi connectivity index (χ0v) is 9.96. The lowest BCUT2D eigenvalue weighted by Crippen LogP contribution is -2.41. The van der Waals surface area contributed by atoms with Crippen molar-refractivity contribution in [1.82, 2.24) is 0 Å². The van der Waals surface area contributed by atoms with E-state index in [1.807, 2.05) is 31.1 Å². The topological polar surface area (TPSA) is 29.3 Å². The van der Waals surface area contributed by atoms with Crippen molar-refractivity contribution < 1.29 is 4.39 Å². The van der Waals surface area contributed by atoms with Gasteiger partial charge in [-0.15, -0.1) is 0 Å². The molecule has 0 saturated heterocycles. The van der Waals surface area contributed by atoms with Crippen molar-refractivity contribution in [2.45, 2.75) is 24.7 Å². The highest BCUT2D eigenvalue weighted by atomic mass is 19.1. The maximum absolute atomic E-state index is 13.6. The Bertz CT molecular complexity index is 378. The molecule has 16 heavy (non-hydrogen) atoms. The van der Waals surface area contributed by atoms with Crippen molar-refractivity contribution in [3.8, 4) is 0 Å². The predicted octanol–water partition coefficient (Wildman–Crippen LogP) is 2.27. The summed E-state index contributed by atoms with van der Waals surface area (Å²) in [4.78, 5) is 1.81. The molecule has 1 aliphatic carbocycles. The van der Waals surface area contributed by atoms with Crippen LogP contribution in [0.5, 0.6) is 0 Å². The average Bonchev–Trinajstić information content (AvgIpc) is 2.19. The molecule has 1 fully saturated rings. The zero-order valence-electron chi connectivity index (χ0n) is 9.96. The molecule has 0 heterocycles. The van der Waals surface area contributed by atoms with Crippen molar-refractivity contribution in [3.63, 3.8) is 0 Å². The molecule has 0 amide bonds. The van der Waals surface area contributed by atoms with Gasteiger partial charge in [-0.1, -0.05) is 12.5 Å². The zero-order chi connectivity index (χ0) is 11.8. The van der Waals surface area contributed by atoms with Crippen molar-refractivity contribution in [1.29, 1.82) is 0 Å². The number of halogens is 1. The summed E-state index contributed by atoms with van der Waals surface area (Å²) in [6.45, 7) is 0.658. The van der Waals surface area contributed by atoms with Crippen LogP contribution in [0.3, 0.4) is 0 Å². The van der Waals surface area contributed by atoms with Gasteiger partial charge in [-0.05, 0) is 30.5 Å². The minimum atomic E-state index is -0.166. The fraction of sp³-hybridized carbons (Fsp3) is 0.538. The minimum Gasteiger partial charge on any atom is -0.375 e. The van der Waals surface area contributed by atoms with Crippen LogP contribution in [-0.4, -0.2) is 20.6 Å². The Kier molecular flexibility index (Phi) is 2.89. The van der Waals surface area contributed by atoms with E-state index in [-0.39, 0.29) is 11.2 Å². The van der Waals surface area contributed by atoms with Crippen LogP contribution < -0.4 is 10.6 Å². The van der Waals surface area contributed by atoms with Gasteiger partial charge in [0.1, 0.15) is 5.82 Å². The summed E-state index contributed by atoms with van der Waals surface area (Å²) < 4.78 is 13.6. The van der Waals surface area contributed by atoms with Gasteiger partial charge >= 0.3 is 0 Å². The Morgan fingerprint density at radius 1 is 1.38 bits per heavy atom. The molecule has 0 aromatic heterocycles. The van der Waals surface area contributed by atoms with Crippen LogP contribution >= 0.6 is 0 Å². The third kappa shape index (κ3) is 1.69. The van der Waals surface area contributed by atoms with Crippen LogP contribution in [0.2, 0.25) is 0 Å². The summed E-state index contributed by atoms with van der Waals surface area (Å²) in [6.07, 6.45) is 3.48. The number of anilines is 1. The van der Waals surface area contributed by atoms with E-state index in [2.05, 4.69) is 0 Å². The average molecular weight is 222 g/mol. The fourth-order valence-corrected chi connectivity index (χ4v) is 2.40. The second kappa shape index (κ2) is 4.06. The lowest BCUT2D eigenvalue weighted by atomic mass is 9.64. The maximum atomic E-state index is 13.6. The minimum absolute atomic E-state index is 0.110. The summed E-state index contributed by atoms with van der Waals surface area (Å²) >= 11 is 0. The summed E-state index contributed by atoms with van der Waals surface area (Å²) in [5, 5.41) is 0. The van der Waals surface area contributed by atoms with Crippen LogP contribution in [0.1, 0.15) is 24.8 Å². The second-order valence-electron chi connectivity index (χ2n) is 4.90. The highest BCUT2D eigenvalue weighted by Gasteiger charge is 2.37. The molecule has 3 heteroatoms. The van der Waals surface area contributed by atoms with Crippen LogP contribution in [-0.2, 0) is 5.41 Å². The highest BCUT2D eigenvalue weighted by molar-refractivity contribution is 5.51. The maximum Gasteiger partial charge on any atom is 0.146 e. The molecule has 0 aliphatic heterocycles. The standard InChI is InChI=1S/C13H19FN2/c1-16(2)12-8-10(4-5-11(12)14)13(9-15)6-3-7-13/h4-5,8H,3,6-7,9,15H2,1-2H3.